The van der Waals surface area contributed by atoms with Crippen molar-refractivity contribution in [2.45, 2.75) is 0 Å². The van der Waals surface area contributed by atoms with Crippen LogP contribution in [0.4, 0.5) is 0 Å². The highest BCUT2D eigenvalue weighted by Gasteiger charge is 2.12. The quantitative estimate of drug-likeness (QED) is 0.787. The molecule has 1 heterocycles. The molecule has 0 N–H and O–H groups in total. The Bertz CT molecular complexity index is 345. The highest BCUT2D eigenvalue weighted by Crippen LogP contribution is 2.16. The number of piperazine rings is 1. The maximum absolute atomic E-state index is 5.72. The van der Waals surface area contributed by atoms with E-state index in [1.54, 1.807) is 7.11 Å². The second-order valence-electron chi connectivity index (χ2n) is 4.67. The minimum absolute atomic E-state index is 0.746. The summed E-state index contributed by atoms with van der Waals surface area (Å²) in [4.78, 5) is 4.81. The summed E-state index contributed by atoms with van der Waals surface area (Å²) in [6.45, 7) is 6.34. The van der Waals surface area contributed by atoms with Crippen molar-refractivity contribution in [1.29, 1.82) is 0 Å². The maximum atomic E-state index is 5.72. The topological polar surface area (TPSA) is 24.9 Å². The Morgan fingerprint density at radius 2 is 1.61 bits per heavy atom. The molecule has 0 radical (unpaired) electrons. The molecular weight excluding hydrogens is 228 g/mol. The van der Waals surface area contributed by atoms with Crippen LogP contribution in [-0.4, -0.2) is 63.3 Å². The van der Waals surface area contributed by atoms with Crippen molar-refractivity contribution in [3.8, 4) is 11.5 Å². The second kappa shape index (κ2) is 6.61. The zero-order valence-electron chi connectivity index (χ0n) is 11.3. The fourth-order valence-corrected chi connectivity index (χ4v) is 2.04. The Morgan fingerprint density at radius 3 is 2.22 bits per heavy atom. The van der Waals surface area contributed by atoms with Crippen molar-refractivity contribution in [1.82, 2.24) is 9.80 Å². The normalized spacial score (nSPS) is 17.7. The maximum Gasteiger partial charge on any atom is 0.119 e. The average Bonchev–Trinajstić information content (AvgIpc) is 2.42. The molecule has 0 bridgehead atoms. The lowest BCUT2D eigenvalue weighted by Gasteiger charge is -2.32. The first-order chi connectivity index (χ1) is 8.78. The number of benzene rings is 1. The predicted octanol–water partition coefficient (Wildman–Crippen LogP) is 1.32. The SMILES string of the molecule is COc1ccc(OCCN2CCN(C)CC2)cc1. The van der Waals surface area contributed by atoms with E-state index in [0.29, 0.717) is 0 Å². The Hall–Kier alpha value is -1.26. The summed E-state index contributed by atoms with van der Waals surface area (Å²) in [5.74, 6) is 1.77. The van der Waals surface area contributed by atoms with Crippen LogP contribution in [-0.2, 0) is 0 Å². The van der Waals surface area contributed by atoms with E-state index in [1.807, 2.05) is 24.3 Å². The zero-order chi connectivity index (χ0) is 12.8. The van der Waals surface area contributed by atoms with Gasteiger partial charge in [0.25, 0.3) is 0 Å². The molecule has 0 unspecified atom stereocenters. The molecule has 1 saturated heterocycles. The average molecular weight is 250 g/mol. The van der Waals surface area contributed by atoms with Gasteiger partial charge in [-0.3, -0.25) is 4.90 Å². The summed E-state index contributed by atoms with van der Waals surface area (Å²) in [6, 6.07) is 7.74. The Morgan fingerprint density at radius 1 is 1.00 bits per heavy atom. The van der Waals surface area contributed by atoms with Gasteiger partial charge in [0.1, 0.15) is 18.1 Å². The fourth-order valence-electron chi connectivity index (χ4n) is 2.04. The summed E-state index contributed by atoms with van der Waals surface area (Å²) < 4.78 is 10.8. The van der Waals surface area contributed by atoms with Crippen LogP contribution in [0.25, 0.3) is 0 Å². The van der Waals surface area contributed by atoms with E-state index in [0.717, 1.165) is 50.8 Å². The molecule has 0 amide bonds. The summed E-state index contributed by atoms with van der Waals surface area (Å²) in [5.41, 5.74) is 0. The van der Waals surface area contributed by atoms with Crippen LogP contribution in [0.15, 0.2) is 24.3 Å². The van der Waals surface area contributed by atoms with Crippen molar-refractivity contribution < 1.29 is 9.47 Å². The summed E-state index contributed by atoms with van der Waals surface area (Å²) in [7, 11) is 3.84. The molecule has 1 aromatic rings. The smallest absolute Gasteiger partial charge is 0.119 e. The number of hydrogen-bond acceptors (Lipinski definition) is 4. The number of ether oxygens (including phenoxy) is 2. The highest BCUT2D eigenvalue weighted by atomic mass is 16.5. The molecule has 4 nitrogen and oxygen atoms in total. The zero-order valence-corrected chi connectivity index (χ0v) is 11.3. The third kappa shape index (κ3) is 3.89. The van der Waals surface area contributed by atoms with Gasteiger partial charge in [0.2, 0.25) is 0 Å². The molecule has 18 heavy (non-hydrogen) atoms. The molecule has 2 rings (SSSR count). The van der Waals surface area contributed by atoms with Gasteiger partial charge in [-0.15, -0.1) is 0 Å². The first kappa shape index (κ1) is 13.2. The number of hydrogen-bond donors (Lipinski definition) is 0. The fraction of sp³-hybridized carbons (Fsp3) is 0.571. The van der Waals surface area contributed by atoms with E-state index in [1.165, 1.54) is 0 Å². The lowest BCUT2D eigenvalue weighted by atomic mass is 10.3. The number of methoxy groups -OCH3 is 1. The summed E-state index contributed by atoms with van der Waals surface area (Å²) >= 11 is 0. The van der Waals surface area contributed by atoms with E-state index in [9.17, 15) is 0 Å². The molecule has 1 aliphatic heterocycles. The molecule has 1 fully saturated rings. The Kier molecular flexibility index (Phi) is 4.84. The number of nitrogens with zero attached hydrogens (tertiary/aromatic N) is 2. The van der Waals surface area contributed by atoms with Gasteiger partial charge in [-0.1, -0.05) is 0 Å². The lowest BCUT2D eigenvalue weighted by molar-refractivity contribution is 0.133. The minimum Gasteiger partial charge on any atom is -0.497 e. The summed E-state index contributed by atoms with van der Waals surface area (Å²) in [5, 5.41) is 0. The van der Waals surface area contributed by atoms with E-state index in [4.69, 9.17) is 9.47 Å². The van der Waals surface area contributed by atoms with Crippen LogP contribution in [0.5, 0.6) is 11.5 Å². The first-order valence-electron chi connectivity index (χ1n) is 6.45. The van der Waals surface area contributed by atoms with Gasteiger partial charge in [-0.05, 0) is 31.3 Å². The van der Waals surface area contributed by atoms with Crippen molar-refractivity contribution >= 4 is 0 Å². The molecular formula is C14H22N2O2. The standard InChI is InChI=1S/C14H22N2O2/c1-15-7-9-16(10-8-15)11-12-18-14-5-3-13(17-2)4-6-14/h3-6H,7-12H2,1-2H3. The monoisotopic (exact) mass is 250 g/mol. The largest absolute Gasteiger partial charge is 0.497 e. The molecule has 100 valence electrons. The molecule has 1 aromatic carbocycles. The Balaban J connectivity index is 1.68. The first-order valence-corrected chi connectivity index (χ1v) is 6.45. The molecule has 4 heteroatoms. The number of likely N-dealkylation sites (N-methyl/N-ethyl adjacent to an activating group) is 1. The third-order valence-corrected chi connectivity index (χ3v) is 3.33. The van der Waals surface area contributed by atoms with Crippen LogP contribution < -0.4 is 9.47 Å². The molecule has 0 aromatic heterocycles. The van der Waals surface area contributed by atoms with Crippen LogP contribution in [0.2, 0.25) is 0 Å². The second-order valence-corrected chi connectivity index (χ2v) is 4.67. The lowest BCUT2D eigenvalue weighted by Crippen LogP contribution is -2.45. The van der Waals surface area contributed by atoms with Gasteiger partial charge in [-0.25, -0.2) is 0 Å². The van der Waals surface area contributed by atoms with Gasteiger partial charge in [0.15, 0.2) is 0 Å². The molecule has 0 spiro atoms. The van der Waals surface area contributed by atoms with Gasteiger partial charge in [-0.2, -0.15) is 0 Å². The van der Waals surface area contributed by atoms with Gasteiger partial charge < -0.3 is 14.4 Å². The molecule has 0 atom stereocenters. The number of rotatable bonds is 5. The van der Waals surface area contributed by atoms with Gasteiger partial charge in [0.05, 0.1) is 7.11 Å². The van der Waals surface area contributed by atoms with E-state index in [2.05, 4.69) is 16.8 Å². The predicted molar refractivity (Wildman–Crippen MR) is 72.4 cm³/mol. The van der Waals surface area contributed by atoms with Crippen molar-refractivity contribution in [2.75, 3.05) is 53.5 Å². The van der Waals surface area contributed by atoms with Crippen molar-refractivity contribution in [3.05, 3.63) is 24.3 Å². The van der Waals surface area contributed by atoms with Crippen LogP contribution in [0.3, 0.4) is 0 Å². The van der Waals surface area contributed by atoms with E-state index in [-0.39, 0.29) is 0 Å². The Labute approximate surface area is 109 Å². The van der Waals surface area contributed by atoms with Crippen LogP contribution in [0, 0.1) is 0 Å². The van der Waals surface area contributed by atoms with Gasteiger partial charge >= 0.3 is 0 Å². The highest BCUT2D eigenvalue weighted by molar-refractivity contribution is 5.31. The molecule has 0 aliphatic carbocycles. The van der Waals surface area contributed by atoms with Crippen molar-refractivity contribution in [3.63, 3.8) is 0 Å². The van der Waals surface area contributed by atoms with E-state index >= 15 is 0 Å². The van der Waals surface area contributed by atoms with Gasteiger partial charge in [0, 0.05) is 32.7 Å². The van der Waals surface area contributed by atoms with E-state index < -0.39 is 0 Å². The summed E-state index contributed by atoms with van der Waals surface area (Å²) in [6.07, 6.45) is 0. The third-order valence-electron chi connectivity index (χ3n) is 3.33. The van der Waals surface area contributed by atoms with Crippen LogP contribution >= 0.6 is 0 Å². The van der Waals surface area contributed by atoms with Crippen LogP contribution in [0.1, 0.15) is 0 Å². The molecule has 1 aliphatic rings. The van der Waals surface area contributed by atoms with Crippen molar-refractivity contribution in [2.24, 2.45) is 0 Å². The molecule has 0 saturated carbocycles. The minimum atomic E-state index is 0.746.